The molecule has 0 aliphatic carbocycles. The molecule has 1 heterocycles. The smallest absolute Gasteiger partial charge is 0.338 e. The van der Waals surface area contributed by atoms with Gasteiger partial charge in [0.1, 0.15) is 0 Å². The summed E-state index contributed by atoms with van der Waals surface area (Å²) in [5, 5.41) is 24.7. The minimum Gasteiger partial charge on any atom is -0.545 e. The van der Waals surface area contributed by atoms with E-state index in [1.807, 2.05) is 0 Å². The third kappa shape index (κ3) is 4.78. The first-order chi connectivity index (χ1) is 17.6. The van der Waals surface area contributed by atoms with Gasteiger partial charge in [-0.2, -0.15) is 0 Å². The van der Waals surface area contributed by atoms with E-state index in [1.54, 1.807) is 6.92 Å². The lowest BCUT2D eigenvalue weighted by Crippen LogP contribution is -2.29. The van der Waals surface area contributed by atoms with E-state index >= 15 is 0 Å². The molecule has 3 aromatic carbocycles. The first-order valence-corrected chi connectivity index (χ1v) is 10.8. The fraction of sp³-hybridized carbons (Fsp3) is 0.0769. The molecule has 4 rings (SSSR count). The normalized spacial score (nSPS) is 12.2. The number of ether oxygens (including phenoxy) is 1. The standard InChI is InChI=1S/C26H18N2O9/c1-2-37-26(36)13-3-6-18(7-4-13)28-22(30)19-8-5-14(12-20(19)23(28)31)21(29)27-17-10-15(24(32)33)9-16(11-17)25(34)35/h3-12H,2H2,1H3,(H,27,29)(H,32,33)(H,34,35)/p-2. The van der Waals surface area contributed by atoms with Crippen molar-refractivity contribution in [2.75, 3.05) is 16.8 Å². The van der Waals surface area contributed by atoms with Crippen molar-refractivity contribution in [2.45, 2.75) is 6.92 Å². The van der Waals surface area contributed by atoms with Gasteiger partial charge in [-0.1, -0.05) is 0 Å². The van der Waals surface area contributed by atoms with Crippen LogP contribution >= 0.6 is 0 Å². The van der Waals surface area contributed by atoms with Crippen LogP contribution in [0.4, 0.5) is 11.4 Å². The number of anilines is 2. The number of hydrogen-bond donors (Lipinski definition) is 1. The fourth-order valence-corrected chi connectivity index (χ4v) is 3.72. The van der Waals surface area contributed by atoms with Gasteiger partial charge in [0.15, 0.2) is 0 Å². The Morgan fingerprint density at radius 3 is 1.89 bits per heavy atom. The summed E-state index contributed by atoms with van der Waals surface area (Å²) in [6, 6.07) is 12.3. The van der Waals surface area contributed by atoms with Crippen LogP contribution < -0.4 is 20.4 Å². The van der Waals surface area contributed by atoms with E-state index in [1.165, 1.54) is 42.5 Å². The van der Waals surface area contributed by atoms with Crippen molar-refractivity contribution in [1.82, 2.24) is 0 Å². The Hall–Kier alpha value is -5.32. The molecule has 1 aliphatic rings. The number of esters is 1. The summed E-state index contributed by atoms with van der Waals surface area (Å²) in [5.74, 6) is -5.98. The number of rotatable bonds is 7. The summed E-state index contributed by atoms with van der Waals surface area (Å²) >= 11 is 0. The van der Waals surface area contributed by atoms with Crippen molar-refractivity contribution in [3.63, 3.8) is 0 Å². The van der Waals surface area contributed by atoms with E-state index in [-0.39, 0.29) is 40.2 Å². The third-order valence-corrected chi connectivity index (χ3v) is 5.45. The van der Waals surface area contributed by atoms with Gasteiger partial charge in [-0.15, -0.1) is 0 Å². The van der Waals surface area contributed by atoms with Crippen LogP contribution in [-0.2, 0) is 4.74 Å². The van der Waals surface area contributed by atoms with Gasteiger partial charge in [0.2, 0.25) is 0 Å². The molecule has 3 aromatic rings. The van der Waals surface area contributed by atoms with Crippen LogP contribution in [0.3, 0.4) is 0 Å². The van der Waals surface area contributed by atoms with Crippen LogP contribution in [0.1, 0.15) is 69.1 Å². The highest BCUT2D eigenvalue weighted by Gasteiger charge is 2.37. The highest BCUT2D eigenvalue weighted by Crippen LogP contribution is 2.30. The van der Waals surface area contributed by atoms with Gasteiger partial charge in [0.25, 0.3) is 17.7 Å². The maximum Gasteiger partial charge on any atom is 0.338 e. The molecular formula is C26H16N2O9-2. The van der Waals surface area contributed by atoms with E-state index in [9.17, 15) is 39.0 Å². The second-order valence-electron chi connectivity index (χ2n) is 7.80. The van der Waals surface area contributed by atoms with E-state index in [2.05, 4.69) is 5.32 Å². The van der Waals surface area contributed by atoms with Crippen molar-refractivity contribution in [2.24, 2.45) is 0 Å². The van der Waals surface area contributed by atoms with Crippen LogP contribution in [0, 0.1) is 0 Å². The van der Waals surface area contributed by atoms with Crippen LogP contribution in [0.15, 0.2) is 60.7 Å². The number of carbonyl (C=O) groups excluding carboxylic acids is 6. The third-order valence-electron chi connectivity index (χ3n) is 5.45. The number of fused-ring (bicyclic) bond motifs is 1. The minimum absolute atomic E-state index is 0.0479. The van der Waals surface area contributed by atoms with Gasteiger partial charge < -0.3 is 29.9 Å². The van der Waals surface area contributed by atoms with E-state index < -0.39 is 46.8 Å². The Morgan fingerprint density at radius 2 is 1.32 bits per heavy atom. The van der Waals surface area contributed by atoms with Crippen molar-refractivity contribution in [3.05, 3.63) is 94.0 Å². The first-order valence-electron chi connectivity index (χ1n) is 10.8. The molecule has 0 saturated carbocycles. The SMILES string of the molecule is CCOC(=O)c1ccc(N2C(=O)c3ccc(C(=O)Nc4cc(C(=O)[O-])cc(C(=O)[O-])c4)cc3C2=O)cc1. The molecule has 11 heteroatoms. The number of carboxylic acids is 2. The second kappa shape index (κ2) is 9.74. The minimum atomic E-state index is -1.66. The Morgan fingerprint density at radius 1 is 0.757 bits per heavy atom. The maximum absolute atomic E-state index is 13.0. The predicted molar refractivity (Wildman–Crippen MR) is 123 cm³/mol. The number of hydrogen-bond acceptors (Lipinski definition) is 9. The van der Waals surface area contributed by atoms with Gasteiger partial charge in [0, 0.05) is 11.3 Å². The van der Waals surface area contributed by atoms with Crippen LogP contribution in [0.25, 0.3) is 0 Å². The quantitative estimate of drug-likeness (QED) is 0.361. The zero-order chi connectivity index (χ0) is 26.9. The molecule has 186 valence electrons. The highest BCUT2D eigenvalue weighted by molar-refractivity contribution is 6.34. The van der Waals surface area contributed by atoms with Crippen LogP contribution in [0.5, 0.6) is 0 Å². The van der Waals surface area contributed by atoms with Crippen LogP contribution in [0.2, 0.25) is 0 Å². The summed E-state index contributed by atoms with van der Waals surface area (Å²) in [4.78, 5) is 73.8. The van der Waals surface area contributed by atoms with Crippen molar-refractivity contribution >= 4 is 47.0 Å². The largest absolute Gasteiger partial charge is 0.545 e. The predicted octanol–water partition coefficient (Wildman–Crippen LogP) is 0.643. The number of carbonyl (C=O) groups is 6. The van der Waals surface area contributed by atoms with E-state index in [4.69, 9.17) is 4.74 Å². The zero-order valence-corrected chi connectivity index (χ0v) is 19.1. The summed E-state index contributed by atoms with van der Waals surface area (Å²) in [6.45, 7) is 1.85. The van der Waals surface area contributed by atoms with Gasteiger partial charge >= 0.3 is 5.97 Å². The molecule has 0 fully saturated rings. The summed E-state index contributed by atoms with van der Waals surface area (Å²) in [6.07, 6.45) is 0. The number of amides is 3. The van der Waals surface area contributed by atoms with E-state index in [0.29, 0.717) is 0 Å². The van der Waals surface area contributed by atoms with Crippen molar-refractivity contribution in [3.8, 4) is 0 Å². The summed E-state index contributed by atoms with van der Waals surface area (Å²) < 4.78 is 4.91. The zero-order valence-electron chi connectivity index (χ0n) is 19.1. The molecule has 0 saturated heterocycles. The molecule has 0 radical (unpaired) electrons. The second-order valence-corrected chi connectivity index (χ2v) is 7.80. The monoisotopic (exact) mass is 500 g/mol. The molecule has 1 aliphatic heterocycles. The number of carboxylic acid groups (broad SMARTS) is 2. The number of imide groups is 1. The molecule has 37 heavy (non-hydrogen) atoms. The van der Waals surface area contributed by atoms with Gasteiger partial charge in [-0.3, -0.25) is 14.4 Å². The molecule has 1 N–H and O–H groups in total. The Balaban J connectivity index is 1.59. The summed E-state index contributed by atoms with van der Waals surface area (Å²) in [5.41, 5.74) is -0.733. The highest BCUT2D eigenvalue weighted by atomic mass is 16.5. The van der Waals surface area contributed by atoms with Crippen molar-refractivity contribution in [1.29, 1.82) is 0 Å². The Labute approximate surface area is 208 Å². The molecule has 0 bridgehead atoms. The molecule has 3 amide bonds. The average molecular weight is 500 g/mol. The Bertz CT molecular complexity index is 1460. The average Bonchev–Trinajstić information content (AvgIpc) is 3.13. The van der Waals surface area contributed by atoms with Crippen molar-refractivity contribution < 1.29 is 43.7 Å². The molecule has 0 spiro atoms. The van der Waals surface area contributed by atoms with E-state index in [0.717, 1.165) is 23.1 Å². The maximum atomic E-state index is 13.0. The molecule has 11 nitrogen and oxygen atoms in total. The molecule has 0 atom stereocenters. The van der Waals surface area contributed by atoms with Gasteiger partial charge in [0.05, 0.1) is 40.9 Å². The first kappa shape index (κ1) is 24.8. The number of nitrogens with one attached hydrogen (secondary N) is 1. The lowest BCUT2D eigenvalue weighted by atomic mass is 10.0. The van der Waals surface area contributed by atoms with Gasteiger partial charge in [-0.05, 0) is 78.7 Å². The number of benzene rings is 3. The van der Waals surface area contributed by atoms with Gasteiger partial charge in [-0.25, -0.2) is 9.69 Å². The molecule has 0 aromatic heterocycles. The topological polar surface area (TPSA) is 173 Å². The summed E-state index contributed by atoms with van der Waals surface area (Å²) in [7, 11) is 0. The number of aromatic carboxylic acids is 2. The lowest BCUT2D eigenvalue weighted by Gasteiger charge is -2.14. The Kier molecular flexibility index (Phi) is 6.53. The lowest BCUT2D eigenvalue weighted by molar-refractivity contribution is -0.255. The number of nitrogens with zero attached hydrogens (tertiary/aromatic N) is 1. The fourth-order valence-electron chi connectivity index (χ4n) is 3.72. The molecular weight excluding hydrogens is 484 g/mol. The molecule has 0 unspecified atom stereocenters. The van der Waals surface area contributed by atoms with Crippen LogP contribution in [-0.4, -0.2) is 42.2 Å².